The first-order valence-electron chi connectivity index (χ1n) is 12.3. The summed E-state index contributed by atoms with van der Waals surface area (Å²) in [5, 5.41) is 1.07. The topological polar surface area (TPSA) is 48.5 Å². The second-order valence-corrected chi connectivity index (χ2v) is 10.3. The Balaban J connectivity index is 1.22. The van der Waals surface area contributed by atoms with Crippen LogP contribution in [0.5, 0.6) is 0 Å². The summed E-state index contributed by atoms with van der Waals surface area (Å²) in [5.74, 6) is -2.81. The Morgan fingerprint density at radius 1 is 1.05 bits per heavy atom. The average molecular weight is 537 g/mol. The van der Waals surface area contributed by atoms with Gasteiger partial charge >= 0.3 is 0 Å². The molecule has 0 saturated carbocycles. The number of pyridine rings is 1. The van der Waals surface area contributed by atoms with Gasteiger partial charge in [-0.05, 0) is 61.7 Å². The van der Waals surface area contributed by atoms with Gasteiger partial charge in [0.05, 0.1) is 10.4 Å². The van der Waals surface area contributed by atoms with Crippen molar-refractivity contribution in [1.82, 2.24) is 14.8 Å². The molecule has 1 aliphatic heterocycles. The molecule has 196 valence electrons. The van der Waals surface area contributed by atoms with Crippen LogP contribution in [-0.2, 0) is 6.54 Å². The number of hydrogen-bond donors (Lipinski definition) is 1. The smallest absolute Gasteiger partial charge is 0.254 e. The van der Waals surface area contributed by atoms with Gasteiger partial charge < -0.3 is 9.62 Å². The average Bonchev–Trinajstić information content (AvgIpc) is 2.89. The lowest BCUT2D eigenvalue weighted by atomic mass is 10.0. The third-order valence-electron chi connectivity index (χ3n) is 6.79. The van der Waals surface area contributed by atoms with E-state index >= 15 is 0 Å². The van der Waals surface area contributed by atoms with Crippen LogP contribution in [0.15, 0.2) is 71.8 Å². The van der Waals surface area contributed by atoms with E-state index in [2.05, 4.69) is 9.71 Å². The lowest BCUT2D eigenvalue weighted by Crippen LogP contribution is -2.53. The van der Waals surface area contributed by atoms with E-state index in [-0.39, 0.29) is 24.1 Å². The Bertz CT molecular complexity index is 1470. The maximum atomic E-state index is 14.1. The molecule has 1 fully saturated rings. The fourth-order valence-corrected chi connectivity index (χ4v) is 5.59. The van der Waals surface area contributed by atoms with E-state index in [1.54, 1.807) is 11.1 Å². The number of aromatic nitrogens is 1. The van der Waals surface area contributed by atoms with E-state index in [0.717, 1.165) is 27.0 Å². The van der Waals surface area contributed by atoms with Crippen molar-refractivity contribution in [3.8, 4) is 0 Å². The summed E-state index contributed by atoms with van der Waals surface area (Å²) in [5.41, 5.74) is 3.10. The molecule has 0 aliphatic carbocycles. The summed E-state index contributed by atoms with van der Waals surface area (Å²) < 4.78 is 44.8. The van der Waals surface area contributed by atoms with Crippen molar-refractivity contribution < 1.29 is 18.0 Å². The third-order valence-corrected chi connectivity index (χ3v) is 7.68. The van der Waals surface area contributed by atoms with Crippen molar-refractivity contribution >= 4 is 34.4 Å². The minimum Gasteiger partial charge on any atom is -0.333 e. The third kappa shape index (κ3) is 5.49. The molecule has 3 aromatic carbocycles. The number of nitrogens with zero attached hydrogens (tertiary/aromatic N) is 3. The predicted molar refractivity (Wildman–Crippen MR) is 144 cm³/mol. The van der Waals surface area contributed by atoms with Crippen molar-refractivity contribution in [2.45, 2.75) is 31.3 Å². The van der Waals surface area contributed by atoms with Crippen LogP contribution in [0.2, 0.25) is 0 Å². The lowest BCUT2D eigenvalue weighted by molar-refractivity contribution is 0.0470. The molecule has 1 aromatic heterocycles. The van der Waals surface area contributed by atoms with Crippen LogP contribution in [0.3, 0.4) is 0 Å². The highest BCUT2D eigenvalue weighted by Crippen LogP contribution is 2.29. The summed E-state index contributed by atoms with van der Waals surface area (Å²) in [4.78, 5) is 22.6. The van der Waals surface area contributed by atoms with Crippen LogP contribution in [0.25, 0.3) is 10.9 Å². The number of halogens is 3. The molecule has 9 heteroatoms. The van der Waals surface area contributed by atoms with E-state index in [4.69, 9.17) is 0 Å². The molecule has 1 saturated heterocycles. The molecule has 0 radical (unpaired) electrons. The van der Waals surface area contributed by atoms with Gasteiger partial charge in [-0.3, -0.25) is 14.7 Å². The first kappa shape index (κ1) is 26.1. The van der Waals surface area contributed by atoms with Crippen LogP contribution in [0.4, 0.5) is 18.9 Å². The van der Waals surface area contributed by atoms with Crippen molar-refractivity contribution in [2.24, 2.45) is 0 Å². The van der Waals surface area contributed by atoms with Crippen LogP contribution in [0, 0.1) is 24.4 Å². The van der Waals surface area contributed by atoms with Crippen LogP contribution < -0.4 is 4.72 Å². The molecular formula is C29H27F3N4OS. The zero-order valence-electron chi connectivity index (χ0n) is 21.0. The second kappa shape index (κ2) is 11.0. The van der Waals surface area contributed by atoms with Gasteiger partial charge in [-0.2, -0.15) is 0 Å². The fraction of sp³-hybridized carbons (Fsp3) is 0.241. The van der Waals surface area contributed by atoms with E-state index in [1.165, 1.54) is 11.9 Å². The van der Waals surface area contributed by atoms with Gasteiger partial charge in [-0.15, -0.1) is 0 Å². The molecule has 2 heterocycles. The molecule has 1 N–H and O–H groups in total. The number of fused-ring (bicyclic) bond motifs is 1. The minimum absolute atomic E-state index is 0.0214. The van der Waals surface area contributed by atoms with Gasteiger partial charge in [0.15, 0.2) is 0 Å². The molecule has 1 amide bonds. The number of rotatable bonds is 6. The minimum atomic E-state index is -0.937. The number of anilines is 1. The molecular weight excluding hydrogens is 509 g/mol. The Morgan fingerprint density at radius 3 is 2.55 bits per heavy atom. The summed E-state index contributed by atoms with van der Waals surface area (Å²) in [7, 11) is 0. The highest BCUT2D eigenvalue weighted by molar-refractivity contribution is 8.00. The maximum Gasteiger partial charge on any atom is 0.254 e. The normalized spacial score (nSPS) is 16.1. The quantitative estimate of drug-likeness (QED) is 0.288. The van der Waals surface area contributed by atoms with Crippen molar-refractivity contribution in [2.75, 3.05) is 24.4 Å². The van der Waals surface area contributed by atoms with Crippen LogP contribution >= 0.6 is 11.9 Å². The van der Waals surface area contributed by atoms with Gasteiger partial charge in [0.2, 0.25) is 0 Å². The number of aryl methyl sites for hydroxylation is 1. The molecule has 0 spiro atoms. The first-order chi connectivity index (χ1) is 18.3. The summed E-state index contributed by atoms with van der Waals surface area (Å²) >= 11 is 1.47. The summed E-state index contributed by atoms with van der Waals surface area (Å²) in [6, 6.07) is 16.8. The molecule has 38 heavy (non-hydrogen) atoms. The van der Waals surface area contributed by atoms with Crippen molar-refractivity contribution in [3.05, 3.63) is 101 Å². The SMILES string of the molecule is Cc1cc(NSc2cccc3cccnc23)ccc1C(=O)N1CCN(Cc2c(F)cc(F)cc2F)C[C@@H]1C. The number of nitrogens with one attached hydrogen (secondary N) is 1. The van der Waals surface area contributed by atoms with Crippen LogP contribution in [0.1, 0.15) is 28.4 Å². The van der Waals surface area contributed by atoms with Crippen molar-refractivity contribution in [1.29, 1.82) is 0 Å². The first-order valence-corrected chi connectivity index (χ1v) is 13.2. The molecule has 0 unspecified atom stereocenters. The summed E-state index contributed by atoms with van der Waals surface area (Å²) in [6.45, 7) is 5.18. The van der Waals surface area contributed by atoms with E-state index in [1.807, 2.05) is 67.3 Å². The van der Waals surface area contributed by atoms with E-state index < -0.39 is 17.5 Å². The number of para-hydroxylation sites is 1. The zero-order chi connectivity index (χ0) is 26.8. The molecule has 5 rings (SSSR count). The molecule has 5 nitrogen and oxygen atoms in total. The number of benzene rings is 3. The lowest BCUT2D eigenvalue weighted by Gasteiger charge is -2.40. The molecule has 1 atom stereocenters. The molecule has 4 aromatic rings. The number of carbonyl (C=O) groups is 1. The highest BCUT2D eigenvalue weighted by Gasteiger charge is 2.29. The standard InChI is InChI=1S/C29H27F3N4OS/c1-18-13-22(34-38-27-7-3-5-20-6-4-10-33-28(20)27)8-9-23(18)29(37)36-12-11-35(16-19(36)2)17-24-25(31)14-21(30)15-26(24)32/h3-10,13-15,19,34H,11-12,16-17H2,1-2H3/t19-/m0/s1. The predicted octanol–water partition coefficient (Wildman–Crippen LogP) is 6.43. The Labute approximate surface area is 223 Å². The van der Waals surface area contributed by atoms with Gasteiger partial charge in [-0.25, -0.2) is 13.2 Å². The van der Waals surface area contributed by atoms with Gasteiger partial charge in [-0.1, -0.05) is 18.2 Å². The van der Waals surface area contributed by atoms with E-state index in [0.29, 0.717) is 37.3 Å². The largest absolute Gasteiger partial charge is 0.333 e. The fourth-order valence-electron chi connectivity index (χ4n) is 4.82. The Morgan fingerprint density at radius 2 is 1.82 bits per heavy atom. The number of carbonyl (C=O) groups excluding carboxylic acids is 1. The van der Waals surface area contributed by atoms with Crippen LogP contribution in [-0.4, -0.2) is 46.4 Å². The maximum absolute atomic E-state index is 14.1. The molecule has 0 bridgehead atoms. The Hall–Kier alpha value is -3.56. The highest BCUT2D eigenvalue weighted by atomic mass is 32.2. The number of amides is 1. The van der Waals surface area contributed by atoms with Gasteiger partial charge in [0.25, 0.3) is 5.91 Å². The molecule has 1 aliphatic rings. The summed E-state index contributed by atoms with van der Waals surface area (Å²) in [6.07, 6.45) is 1.77. The monoisotopic (exact) mass is 536 g/mol. The second-order valence-electron chi connectivity index (χ2n) is 9.50. The Kier molecular flexibility index (Phi) is 7.58. The van der Waals surface area contributed by atoms with Crippen molar-refractivity contribution in [3.63, 3.8) is 0 Å². The van der Waals surface area contributed by atoms with Gasteiger partial charge in [0, 0.05) is 72.8 Å². The zero-order valence-corrected chi connectivity index (χ0v) is 21.9. The number of piperazine rings is 1. The number of hydrogen-bond acceptors (Lipinski definition) is 5. The van der Waals surface area contributed by atoms with Gasteiger partial charge in [0.1, 0.15) is 17.5 Å². The van der Waals surface area contributed by atoms with E-state index in [9.17, 15) is 18.0 Å².